The normalized spacial score (nSPS) is 16.8. The molecule has 1 N–H and O–H groups in total. The maximum Gasteiger partial charge on any atom is 0.209 e. The van der Waals surface area contributed by atoms with Crippen LogP contribution in [0.4, 0.5) is 5.13 Å². The Balaban J connectivity index is 1.81. The summed E-state index contributed by atoms with van der Waals surface area (Å²) in [6, 6.07) is 0. The lowest BCUT2D eigenvalue weighted by Crippen LogP contribution is -2.18. The first-order valence-electron chi connectivity index (χ1n) is 5.98. The van der Waals surface area contributed by atoms with Gasteiger partial charge in [0.25, 0.3) is 0 Å². The molecule has 1 saturated heterocycles. The van der Waals surface area contributed by atoms with Crippen molar-refractivity contribution in [3.8, 4) is 0 Å². The summed E-state index contributed by atoms with van der Waals surface area (Å²) in [6.07, 6.45) is 3.30. The van der Waals surface area contributed by atoms with Gasteiger partial charge in [0.1, 0.15) is 0 Å². The Bertz CT molecular complexity index is 356. The number of aromatic nitrogens is 2. The Hall–Kier alpha value is -0.330. The standard InChI is InChI=1S/C11H19N3OS2/c1-11(2,15)5-8-16-10-13-12-9(17-10)14-6-3-4-7-14/h15H,3-8H2,1-2H3. The number of hydrogen-bond donors (Lipinski definition) is 1. The van der Waals surface area contributed by atoms with Crippen molar-refractivity contribution < 1.29 is 5.11 Å². The highest BCUT2D eigenvalue weighted by Crippen LogP contribution is 2.30. The van der Waals surface area contributed by atoms with E-state index >= 15 is 0 Å². The van der Waals surface area contributed by atoms with E-state index in [4.69, 9.17) is 0 Å². The summed E-state index contributed by atoms with van der Waals surface area (Å²) in [7, 11) is 0. The Labute approximate surface area is 110 Å². The van der Waals surface area contributed by atoms with E-state index in [-0.39, 0.29) is 0 Å². The first-order chi connectivity index (χ1) is 8.04. The number of hydrogen-bond acceptors (Lipinski definition) is 6. The fraction of sp³-hybridized carbons (Fsp3) is 0.818. The van der Waals surface area contributed by atoms with Gasteiger partial charge in [-0.05, 0) is 33.1 Å². The summed E-state index contributed by atoms with van der Waals surface area (Å²) in [6.45, 7) is 5.90. The van der Waals surface area contributed by atoms with E-state index < -0.39 is 5.60 Å². The molecule has 0 amide bonds. The number of nitrogens with zero attached hydrogens (tertiary/aromatic N) is 3. The summed E-state index contributed by atoms with van der Waals surface area (Å²) in [5.74, 6) is 0.887. The van der Waals surface area contributed by atoms with E-state index in [1.807, 2.05) is 13.8 Å². The molecule has 0 atom stereocenters. The second kappa shape index (κ2) is 5.54. The minimum Gasteiger partial charge on any atom is -0.390 e. The summed E-state index contributed by atoms with van der Waals surface area (Å²) in [4.78, 5) is 2.30. The Kier molecular flexibility index (Phi) is 4.27. The predicted molar refractivity (Wildman–Crippen MR) is 73.0 cm³/mol. The fourth-order valence-electron chi connectivity index (χ4n) is 1.69. The molecule has 1 aliphatic rings. The molecule has 0 unspecified atom stereocenters. The van der Waals surface area contributed by atoms with Gasteiger partial charge in [-0.3, -0.25) is 0 Å². The SMILES string of the molecule is CC(C)(O)CCSc1nnc(N2CCCC2)s1. The highest BCUT2D eigenvalue weighted by atomic mass is 32.2. The van der Waals surface area contributed by atoms with Crippen molar-refractivity contribution in [1.82, 2.24) is 10.2 Å². The third-order valence-corrected chi connectivity index (χ3v) is 4.83. The van der Waals surface area contributed by atoms with Gasteiger partial charge in [-0.2, -0.15) is 0 Å². The van der Waals surface area contributed by atoms with E-state index in [2.05, 4.69) is 15.1 Å². The van der Waals surface area contributed by atoms with Crippen LogP contribution in [0.5, 0.6) is 0 Å². The van der Waals surface area contributed by atoms with Gasteiger partial charge in [-0.1, -0.05) is 23.1 Å². The van der Waals surface area contributed by atoms with Crippen molar-refractivity contribution in [2.45, 2.75) is 43.1 Å². The lowest BCUT2D eigenvalue weighted by molar-refractivity contribution is 0.0777. The average molecular weight is 273 g/mol. The van der Waals surface area contributed by atoms with Crippen LogP contribution in [0.2, 0.25) is 0 Å². The molecule has 1 fully saturated rings. The van der Waals surface area contributed by atoms with Gasteiger partial charge in [-0.15, -0.1) is 10.2 Å². The predicted octanol–water partition coefficient (Wildman–Crippen LogP) is 2.39. The van der Waals surface area contributed by atoms with Crippen LogP contribution in [0, 0.1) is 0 Å². The summed E-state index contributed by atoms with van der Waals surface area (Å²) in [5, 5.41) is 19.1. The molecule has 0 aliphatic carbocycles. The molecule has 2 heterocycles. The van der Waals surface area contributed by atoms with Gasteiger partial charge in [0.05, 0.1) is 5.60 Å². The minimum absolute atomic E-state index is 0.588. The summed E-state index contributed by atoms with van der Waals surface area (Å²) < 4.78 is 1.01. The van der Waals surface area contributed by atoms with Crippen LogP contribution in [0.25, 0.3) is 0 Å². The molecule has 1 aromatic heterocycles. The lowest BCUT2D eigenvalue weighted by atomic mass is 10.1. The highest BCUT2D eigenvalue weighted by molar-refractivity contribution is 8.01. The number of aliphatic hydroxyl groups is 1. The smallest absolute Gasteiger partial charge is 0.209 e. The monoisotopic (exact) mass is 273 g/mol. The van der Waals surface area contributed by atoms with E-state index in [0.717, 1.165) is 34.7 Å². The zero-order chi connectivity index (χ0) is 12.3. The van der Waals surface area contributed by atoms with Gasteiger partial charge in [0.2, 0.25) is 5.13 Å². The number of thioether (sulfide) groups is 1. The van der Waals surface area contributed by atoms with Gasteiger partial charge in [0, 0.05) is 18.8 Å². The largest absolute Gasteiger partial charge is 0.390 e. The van der Waals surface area contributed by atoms with E-state index in [0.29, 0.717) is 0 Å². The summed E-state index contributed by atoms with van der Waals surface area (Å²) in [5.41, 5.74) is -0.588. The third-order valence-electron chi connectivity index (χ3n) is 2.71. The van der Waals surface area contributed by atoms with Gasteiger partial charge in [0.15, 0.2) is 4.34 Å². The minimum atomic E-state index is -0.588. The van der Waals surface area contributed by atoms with Gasteiger partial charge in [-0.25, -0.2) is 0 Å². The van der Waals surface area contributed by atoms with Crippen molar-refractivity contribution in [3.63, 3.8) is 0 Å². The molecular weight excluding hydrogens is 254 g/mol. The van der Waals surface area contributed by atoms with Gasteiger partial charge >= 0.3 is 0 Å². The average Bonchev–Trinajstić information content (AvgIpc) is 2.83. The first kappa shape index (κ1) is 13.1. The molecule has 0 radical (unpaired) electrons. The Morgan fingerprint density at radius 1 is 1.35 bits per heavy atom. The zero-order valence-corrected chi connectivity index (χ0v) is 12.0. The number of rotatable bonds is 5. The third kappa shape index (κ3) is 4.12. The summed E-state index contributed by atoms with van der Waals surface area (Å²) >= 11 is 3.35. The molecule has 2 rings (SSSR count). The molecule has 1 aromatic rings. The van der Waals surface area contributed by atoms with Crippen molar-refractivity contribution in [2.75, 3.05) is 23.7 Å². The quantitative estimate of drug-likeness (QED) is 0.835. The zero-order valence-electron chi connectivity index (χ0n) is 10.3. The molecule has 0 saturated carbocycles. The topological polar surface area (TPSA) is 49.3 Å². The van der Waals surface area contributed by atoms with Crippen molar-refractivity contribution in [2.24, 2.45) is 0 Å². The van der Waals surface area contributed by atoms with Crippen molar-refractivity contribution in [1.29, 1.82) is 0 Å². The number of anilines is 1. The molecule has 0 aromatic carbocycles. The molecule has 6 heteroatoms. The molecule has 96 valence electrons. The van der Waals surface area contributed by atoms with Crippen LogP contribution in [-0.2, 0) is 0 Å². The van der Waals surface area contributed by atoms with Crippen LogP contribution in [0.15, 0.2) is 4.34 Å². The van der Waals surface area contributed by atoms with Crippen LogP contribution in [0.1, 0.15) is 33.1 Å². The van der Waals surface area contributed by atoms with Crippen LogP contribution in [-0.4, -0.2) is 39.7 Å². The lowest BCUT2D eigenvalue weighted by Gasteiger charge is -2.15. The maximum atomic E-state index is 9.62. The Morgan fingerprint density at radius 3 is 2.71 bits per heavy atom. The molecular formula is C11H19N3OS2. The van der Waals surface area contributed by atoms with E-state index in [1.165, 1.54) is 12.8 Å². The Morgan fingerprint density at radius 2 is 2.06 bits per heavy atom. The van der Waals surface area contributed by atoms with E-state index in [9.17, 15) is 5.11 Å². The molecule has 0 spiro atoms. The first-order valence-corrected chi connectivity index (χ1v) is 7.78. The van der Waals surface area contributed by atoms with Crippen LogP contribution < -0.4 is 4.90 Å². The molecule has 1 aliphatic heterocycles. The molecule has 0 bridgehead atoms. The van der Waals surface area contributed by atoms with Crippen molar-refractivity contribution >= 4 is 28.2 Å². The van der Waals surface area contributed by atoms with Crippen LogP contribution in [0.3, 0.4) is 0 Å². The van der Waals surface area contributed by atoms with E-state index in [1.54, 1.807) is 23.1 Å². The maximum absolute atomic E-state index is 9.62. The van der Waals surface area contributed by atoms with Crippen LogP contribution >= 0.6 is 23.1 Å². The van der Waals surface area contributed by atoms with Gasteiger partial charge < -0.3 is 10.0 Å². The fourth-order valence-corrected chi connectivity index (χ4v) is 3.90. The molecule has 17 heavy (non-hydrogen) atoms. The molecule has 4 nitrogen and oxygen atoms in total. The van der Waals surface area contributed by atoms with Crippen molar-refractivity contribution in [3.05, 3.63) is 0 Å². The second-order valence-electron chi connectivity index (χ2n) is 4.96. The highest BCUT2D eigenvalue weighted by Gasteiger charge is 2.17. The second-order valence-corrected chi connectivity index (χ2v) is 7.25.